The van der Waals surface area contributed by atoms with Crippen molar-refractivity contribution in [1.29, 1.82) is 0 Å². The molecule has 90 heavy (non-hydrogen) atoms. The fourth-order valence-corrected chi connectivity index (χ4v) is 17.9. The summed E-state index contributed by atoms with van der Waals surface area (Å²) >= 11 is 3.81. The summed E-state index contributed by atoms with van der Waals surface area (Å²) in [4.78, 5) is 0. The van der Waals surface area contributed by atoms with Crippen LogP contribution < -0.4 is 0 Å². The molecule has 0 spiro atoms. The van der Waals surface area contributed by atoms with E-state index in [-0.39, 0.29) is 10.8 Å². The number of aromatic nitrogens is 2. The zero-order chi connectivity index (χ0) is 60.1. The lowest BCUT2D eigenvalue weighted by atomic mass is 9.79. The molecule has 0 fully saturated rings. The largest absolute Gasteiger partial charge is 0.308 e. The van der Waals surface area contributed by atoms with E-state index < -0.39 is 0 Å². The number of thiophene rings is 2. The first-order chi connectivity index (χ1) is 43.9. The molecule has 2 nitrogen and oxygen atoms in total. The minimum absolute atomic E-state index is 0.0953. The van der Waals surface area contributed by atoms with Gasteiger partial charge in [-0.2, -0.15) is 0 Å². The number of hydrogen-bond acceptors (Lipinski definition) is 2. The first kappa shape index (κ1) is 51.9. The van der Waals surface area contributed by atoms with Gasteiger partial charge in [0.05, 0.1) is 33.1 Å². The molecule has 4 heteroatoms. The van der Waals surface area contributed by atoms with Crippen molar-refractivity contribution in [3.8, 4) is 66.8 Å². The molecule has 0 bridgehead atoms. The van der Waals surface area contributed by atoms with E-state index in [1.165, 1.54) is 194 Å². The van der Waals surface area contributed by atoms with Gasteiger partial charge >= 0.3 is 0 Å². The summed E-state index contributed by atoms with van der Waals surface area (Å²) in [6, 6.07) is 97.6. The molecule has 0 aliphatic rings. The van der Waals surface area contributed by atoms with Gasteiger partial charge in [0.25, 0.3) is 0 Å². The molecule has 19 rings (SSSR count). The second-order valence-corrected chi connectivity index (χ2v) is 29.3. The SMILES string of the molecule is CC(C)(C)c1cc(-c2ccccc2)c(-c2cc3c4cc5c(cc4n4c6ccc7sc8ccccc8c7c6c(c2)c34)c2cc(-c3c(-c4ccccc4)cc(C(C)(C)C)cc3-c3ccccc3)cc3c4c6c(ccc4n5c23)sc2ccccc26)c(-c2ccccc2)c1. The number of rotatable bonds is 6. The van der Waals surface area contributed by atoms with E-state index in [1.54, 1.807) is 0 Å². The predicted molar refractivity (Wildman–Crippen MR) is 392 cm³/mol. The molecule has 0 saturated heterocycles. The average Bonchev–Trinajstić information content (AvgIpc) is 1.51. The fraction of sp³-hybridized carbons (Fsp3) is 0.0930. The summed E-state index contributed by atoms with van der Waals surface area (Å²) < 4.78 is 10.5. The summed E-state index contributed by atoms with van der Waals surface area (Å²) in [7, 11) is 0. The van der Waals surface area contributed by atoms with Crippen molar-refractivity contribution in [3.05, 3.63) is 266 Å². The Morgan fingerprint density at radius 1 is 0.244 bits per heavy atom. The molecule has 0 aliphatic heterocycles. The summed E-state index contributed by atoms with van der Waals surface area (Å²) in [5, 5.41) is 15.5. The van der Waals surface area contributed by atoms with Gasteiger partial charge in [-0.3, -0.25) is 0 Å². The van der Waals surface area contributed by atoms with Gasteiger partial charge in [-0.05, 0) is 186 Å². The zero-order valence-electron chi connectivity index (χ0n) is 51.0. The highest BCUT2D eigenvalue weighted by Gasteiger charge is 2.30. The van der Waals surface area contributed by atoms with Gasteiger partial charge < -0.3 is 8.80 Å². The Bertz CT molecular complexity index is 5680. The molecule has 13 aromatic carbocycles. The third-order valence-corrected chi connectivity index (χ3v) is 22.1. The number of benzene rings is 13. The first-order valence-corrected chi connectivity index (χ1v) is 33.2. The molecule has 0 unspecified atom stereocenters. The highest BCUT2D eigenvalue weighted by Crippen LogP contribution is 2.54. The number of nitrogens with zero attached hydrogens (tertiary/aromatic N) is 2. The van der Waals surface area contributed by atoms with Gasteiger partial charge in [0, 0.05) is 83.4 Å². The summed E-state index contributed by atoms with van der Waals surface area (Å²) in [5.74, 6) is 0. The van der Waals surface area contributed by atoms with Gasteiger partial charge in [-0.25, -0.2) is 0 Å². The molecule has 0 amide bonds. The Kier molecular flexibility index (Phi) is 10.8. The smallest absolute Gasteiger partial charge is 0.0621 e. The van der Waals surface area contributed by atoms with E-state index in [2.05, 4.69) is 305 Å². The minimum atomic E-state index is -0.0953. The Morgan fingerprint density at radius 2 is 0.567 bits per heavy atom. The lowest BCUT2D eigenvalue weighted by molar-refractivity contribution is 0.590. The van der Waals surface area contributed by atoms with Crippen molar-refractivity contribution >= 4 is 139 Å². The number of hydrogen-bond donors (Lipinski definition) is 0. The van der Waals surface area contributed by atoms with Crippen LogP contribution in [0, 0.1) is 0 Å². The Balaban J connectivity index is 1.00. The van der Waals surface area contributed by atoms with Crippen LogP contribution >= 0.6 is 22.7 Å². The molecule has 6 heterocycles. The van der Waals surface area contributed by atoms with Gasteiger partial charge in [0.2, 0.25) is 0 Å². The van der Waals surface area contributed by atoms with Crippen LogP contribution in [0.3, 0.4) is 0 Å². The molecular formula is C86H60N2S2. The van der Waals surface area contributed by atoms with E-state index in [4.69, 9.17) is 0 Å². The van der Waals surface area contributed by atoms with Crippen LogP contribution in [0.2, 0.25) is 0 Å². The lowest BCUT2D eigenvalue weighted by Crippen LogP contribution is -2.12. The van der Waals surface area contributed by atoms with Crippen LogP contribution in [0.25, 0.3) is 183 Å². The second-order valence-electron chi connectivity index (χ2n) is 27.1. The van der Waals surface area contributed by atoms with Crippen molar-refractivity contribution in [1.82, 2.24) is 8.80 Å². The van der Waals surface area contributed by atoms with Gasteiger partial charge in [-0.15, -0.1) is 22.7 Å². The third-order valence-electron chi connectivity index (χ3n) is 19.8. The topological polar surface area (TPSA) is 8.82 Å². The zero-order valence-corrected chi connectivity index (χ0v) is 52.6. The van der Waals surface area contributed by atoms with Crippen LogP contribution in [0.5, 0.6) is 0 Å². The molecule has 0 radical (unpaired) electrons. The van der Waals surface area contributed by atoms with Crippen molar-refractivity contribution < 1.29 is 0 Å². The van der Waals surface area contributed by atoms with Crippen LogP contribution in [0.1, 0.15) is 52.7 Å². The molecule has 0 aliphatic carbocycles. The van der Waals surface area contributed by atoms with Crippen LogP contribution in [-0.4, -0.2) is 8.80 Å². The first-order valence-electron chi connectivity index (χ1n) is 31.6. The molecule has 6 aromatic heterocycles. The fourth-order valence-electron chi connectivity index (χ4n) is 15.6. The molecular weight excluding hydrogens is 1130 g/mol. The predicted octanol–water partition coefficient (Wildman–Crippen LogP) is 25.3. The maximum Gasteiger partial charge on any atom is 0.0621 e. The molecule has 0 saturated carbocycles. The summed E-state index contributed by atoms with van der Waals surface area (Å²) in [6.45, 7) is 14.1. The summed E-state index contributed by atoms with van der Waals surface area (Å²) in [5.41, 5.74) is 24.7. The lowest BCUT2D eigenvalue weighted by Gasteiger charge is -2.25. The van der Waals surface area contributed by atoms with Crippen molar-refractivity contribution in [2.24, 2.45) is 0 Å². The van der Waals surface area contributed by atoms with E-state index in [9.17, 15) is 0 Å². The highest BCUT2D eigenvalue weighted by molar-refractivity contribution is 7.26. The van der Waals surface area contributed by atoms with E-state index in [1.807, 2.05) is 22.7 Å². The standard InChI is InChI=1S/C86H60N2S2/c1-85(2,3)55-43-59(49-23-11-7-12-24-49)77(60(44-55)50-25-13-8-14-26-50)53-39-65-63-47-72-64(48-71(63)87-69-35-37-75-81(79(69)67(41-53)83(65)87)57-31-19-21-33-73(57)89-75)66-40-54(42-68-80-70(88(72)84(66)68)36-38-76-82(80)58-32-20-22-34-74(58)90-76)78-61(51-27-15-9-16-28-51)45-56(86(4,5)6)46-62(78)52-29-17-10-18-30-52/h7-48H,1-6H3. The quantitative estimate of drug-likeness (QED) is 0.157. The van der Waals surface area contributed by atoms with E-state index >= 15 is 0 Å². The maximum absolute atomic E-state index is 2.64. The van der Waals surface area contributed by atoms with Crippen molar-refractivity contribution in [3.63, 3.8) is 0 Å². The second kappa shape index (κ2) is 18.7. The number of fused-ring (bicyclic) bond motifs is 20. The molecule has 19 aromatic rings. The third kappa shape index (κ3) is 7.38. The van der Waals surface area contributed by atoms with Gasteiger partial charge in [0.15, 0.2) is 0 Å². The monoisotopic (exact) mass is 1180 g/mol. The average molecular weight is 1190 g/mol. The maximum atomic E-state index is 2.64. The van der Waals surface area contributed by atoms with E-state index in [0.29, 0.717) is 0 Å². The van der Waals surface area contributed by atoms with Crippen LogP contribution in [0.15, 0.2) is 255 Å². The Labute approximate surface area is 529 Å². The van der Waals surface area contributed by atoms with Gasteiger partial charge in [0.1, 0.15) is 0 Å². The normalized spacial score (nSPS) is 12.8. The Morgan fingerprint density at radius 3 is 0.911 bits per heavy atom. The Hall–Kier alpha value is -10.1. The minimum Gasteiger partial charge on any atom is -0.308 e. The highest BCUT2D eigenvalue weighted by atomic mass is 32.1. The van der Waals surface area contributed by atoms with Crippen molar-refractivity contribution in [2.45, 2.75) is 52.4 Å². The molecule has 426 valence electrons. The van der Waals surface area contributed by atoms with Crippen LogP contribution in [-0.2, 0) is 10.8 Å². The van der Waals surface area contributed by atoms with Gasteiger partial charge in [-0.1, -0.05) is 199 Å². The van der Waals surface area contributed by atoms with E-state index in [0.717, 1.165) is 0 Å². The van der Waals surface area contributed by atoms with Crippen molar-refractivity contribution in [2.75, 3.05) is 0 Å². The molecule has 0 atom stereocenters. The molecule has 0 N–H and O–H groups in total. The van der Waals surface area contributed by atoms with Crippen LogP contribution in [0.4, 0.5) is 0 Å². The summed E-state index contributed by atoms with van der Waals surface area (Å²) in [6.07, 6.45) is 0.